The van der Waals surface area contributed by atoms with E-state index < -0.39 is 0 Å². The maximum absolute atomic E-state index is 5.42. The number of hydrogen-bond donors (Lipinski definition) is 0. The fourth-order valence-electron chi connectivity index (χ4n) is 3.07. The van der Waals surface area contributed by atoms with E-state index in [4.69, 9.17) is 4.74 Å². The van der Waals surface area contributed by atoms with E-state index in [1.165, 1.54) is 116 Å². The lowest BCUT2D eigenvalue weighted by atomic mass is 10.0. The summed E-state index contributed by atoms with van der Waals surface area (Å²) in [5, 5.41) is 0. The van der Waals surface area contributed by atoms with Gasteiger partial charge in [0.15, 0.2) is 0 Å². The van der Waals surface area contributed by atoms with Crippen molar-refractivity contribution in [3.8, 4) is 0 Å². The molecule has 0 aliphatic rings. The van der Waals surface area contributed by atoms with Crippen molar-refractivity contribution in [2.45, 2.75) is 129 Å². The molecular formula is C23H46O. The Bertz CT molecular complexity index is 234. The summed E-state index contributed by atoms with van der Waals surface area (Å²) >= 11 is 0. The van der Waals surface area contributed by atoms with Gasteiger partial charge in [0, 0.05) is 0 Å². The Morgan fingerprint density at radius 2 is 0.917 bits per heavy atom. The Hall–Kier alpha value is -0.460. The van der Waals surface area contributed by atoms with Crippen LogP contribution in [0.25, 0.3) is 0 Å². The lowest BCUT2D eigenvalue weighted by molar-refractivity contribution is 0.242. The van der Waals surface area contributed by atoms with Gasteiger partial charge in [-0.1, -0.05) is 110 Å². The van der Waals surface area contributed by atoms with Crippen LogP contribution in [-0.2, 0) is 4.74 Å². The molecule has 0 radical (unpaired) electrons. The zero-order valence-electron chi connectivity index (χ0n) is 17.0. The third-order valence-corrected chi connectivity index (χ3v) is 4.78. The SMILES string of the molecule is CCCCCCCCCCCCCCCCCC=COCCCC. The molecule has 0 saturated heterocycles. The minimum absolute atomic E-state index is 0.881. The zero-order chi connectivity index (χ0) is 17.6. The first-order valence-electron chi connectivity index (χ1n) is 11.2. The Kier molecular flexibility index (Phi) is 22.1. The Labute approximate surface area is 153 Å². The van der Waals surface area contributed by atoms with Crippen LogP contribution >= 0.6 is 0 Å². The van der Waals surface area contributed by atoms with Crippen molar-refractivity contribution >= 4 is 0 Å². The van der Waals surface area contributed by atoms with Crippen molar-refractivity contribution in [3.63, 3.8) is 0 Å². The molecule has 0 N–H and O–H groups in total. The van der Waals surface area contributed by atoms with Crippen LogP contribution in [0.5, 0.6) is 0 Å². The molecule has 0 aromatic carbocycles. The minimum Gasteiger partial charge on any atom is -0.502 e. The lowest BCUT2D eigenvalue weighted by Gasteiger charge is -2.03. The summed E-state index contributed by atoms with van der Waals surface area (Å²) in [6.07, 6.45) is 29.2. The summed E-state index contributed by atoms with van der Waals surface area (Å²) in [7, 11) is 0. The molecule has 0 atom stereocenters. The number of rotatable bonds is 20. The van der Waals surface area contributed by atoms with Crippen LogP contribution in [0.4, 0.5) is 0 Å². The van der Waals surface area contributed by atoms with Crippen molar-refractivity contribution in [1.29, 1.82) is 0 Å². The molecule has 1 heteroatoms. The molecule has 0 spiro atoms. The highest BCUT2D eigenvalue weighted by Gasteiger charge is 1.94. The molecule has 0 aliphatic carbocycles. The Balaban J connectivity index is 3.00. The summed E-state index contributed by atoms with van der Waals surface area (Å²) in [6.45, 7) is 5.37. The fourth-order valence-corrected chi connectivity index (χ4v) is 3.07. The van der Waals surface area contributed by atoms with Crippen molar-refractivity contribution < 1.29 is 4.74 Å². The first-order valence-corrected chi connectivity index (χ1v) is 11.2. The number of allylic oxidation sites excluding steroid dienone is 1. The van der Waals surface area contributed by atoms with E-state index in [2.05, 4.69) is 19.9 Å². The van der Waals surface area contributed by atoms with Crippen LogP contribution < -0.4 is 0 Å². The van der Waals surface area contributed by atoms with Gasteiger partial charge >= 0.3 is 0 Å². The van der Waals surface area contributed by atoms with Gasteiger partial charge in [0.2, 0.25) is 0 Å². The normalized spacial score (nSPS) is 11.4. The smallest absolute Gasteiger partial charge is 0.0873 e. The largest absolute Gasteiger partial charge is 0.502 e. The average molecular weight is 339 g/mol. The van der Waals surface area contributed by atoms with Crippen LogP contribution in [0.2, 0.25) is 0 Å². The molecule has 0 aliphatic heterocycles. The molecule has 0 fully saturated rings. The van der Waals surface area contributed by atoms with E-state index in [1.807, 2.05) is 6.26 Å². The van der Waals surface area contributed by atoms with E-state index in [-0.39, 0.29) is 0 Å². The summed E-state index contributed by atoms with van der Waals surface area (Å²) in [6, 6.07) is 0. The molecule has 0 unspecified atom stereocenters. The Morgan fingerprint density at radius 1 is 0.500 bits per heavy atom. The highest BCUT2D eigenvalue weighted by atomic mass is 16.5. The number of hydrogen-bond acceptors (Lipinski definition) is 1. The second kappa shape index (κ2) is 22.5. The van der Waals surface area contributed by atoms with Crippen molar-refractivity contribution in [1.82, 2.24) is 0 Å². The molecule has 1 nitrogen and oxygen atoms in total. The van der Waals surface area contributed by atoms with E-state index >= 15 is 0 Å². The highest BCUT2D eigenvalue weighted by molar-refractivity contribution is 4.73. The van der Waals surface area contributed by atoms with Gasteiger partial charge in [-0.3, -0.25) is 0 Å². The van der Waals surface area contributed by atoms with E-state index in [1.54, 1.807) is 0 Å². The van der Waals surface area contributed by atoms with Gasteiger partial charge in [0.05, 0.1) is 12.9 Å². The standard InChI is InChI=1S/C23H46O/c1-3-5-7-8-9-10-11-12-13-14-15-16-17-18-19-20-21-23-24-22-6-4-2/h21,23H,3-20,22H2,1-2H3. The summed E-state index contributed by atoms with van der Waals surface area (Å²) in [5.41, 5.74) is 0. The summed E-state index contributed by atoms with van der Waals surface area (Å²) < 4.78 is 5.42. The second-order valence-corrected chi connectivity index (χ2v) is 7.33. The van der Waals surface area contributed by atoms with Gasteiger partial charge < -0.3 is 4.74 Å². The van der Waals surface area contributed by atoms with E-state index in [0.29, 0.717) is 0 Å². The maximum Gasteiger partial charge on any atom is 0.0873 e. The second-order valence-electron chi connectivity index (χ2n) is 7.33. The van der Waals surface area contributed by atoms with Crippen LogP contribution in [-0.4, -0.2) is 6.61 Å². The maximum atomic E-state index is 5.42. The molecule has 0 bridgehead atoms. The van der Waals surface area contributed by atoms with Gasteiger partial charge in [-0.15, -0.1) is 0 Å². The molecule has 0 amide bonds. The number of ether oxygens (including phenoxy) is 1. The van der Waals surface area contributed by atoms with Crippen LogP contribution in [0.3, 0.4) is 0 Å². The average Bonchev–Trinajstić information content (AvgIpc) is 2.60. The monoisotopic (exact) mass is 338 g/mol. The first kappa shape index (κ1) is 23.5. The van der Waals surface area contributed by atoms with Crippen molar-refractivity contribution in [3.05, 3.63) is 12.3 Å². The van der Waals surface area contributed by atoms with Crippen LogP contribution in [0, 0.1) is 0 Å². The van der Waals surface area contributed by atoms with Crippen LogP contribution in [0.15, 0.2) is 12.3 Å². The van der Waals surface area contributed by atoms with Gasteiger partial charge in [0.25, 0.3) is 0 Å². The third kappa shape index (κ3) is 21.5. The van der Waals surface area contributed by atoms with Gasteiger partial charge in [-0.2, -0.15) is 0 Å². The molecule has 24 heavy (non-hydrogen) atoms. The first-order chi connectivity index (χ1) is 11.9. The molecule has 144 valence electrons. The molecule has 0 aromatic heterocycles. The fraction of sp³-hybridized carbons (Fsp3) is 0.913. The van der Waals surface area contributed by atoms with E-state index in [0.717, 1.165) is 6.61 Å². The quantitative estimate of drug-likeness (QED) is 0.159. The minimum atomic E-state index is 0.881. The highest BCUT2D eigenvalue weighted by Crippen LogP contribution is 2.13. The number of unbranched alkanes of at least 4 members (excludes halogenated alkanes) is 16. The third-order valence-electron chi connectivity index (χ3n) is 4.78. The molecule has 0 aromatic rings. The van der Waals surface area contributed by atoms with Gasteiger partial charge in [-0.25, -0.2) is 0 Å². The van der Waals surface area contributed by atoms with Crippen molar-refractivity contribution in [2.24, 2.45) is 0 Å². The van der Waals surface area contributed by atoms with Crippen LogP contribution in [0.1, 0.15) is 129 Å². The molecule has 0 saturated carbocycles. The summed E-state index contributed by atoms with van der Waals surface area (Å²) in [5.74, 6) is 0. The topological polar surface area (TPSA) is 9.23 Å². The predicted octanol–water partition coefficient (Wildman–Crippen LogP) is 8.58. The van der Waals surface area contributed by atoms with Gasteiger partial charge in [0.1, 0.15) is 0 Å². The molecule has 0 rings (SSSR count). The Morgan fingerprint density at radius 3 is 1.38 bits per heavy atom. The predicted molar refractivity (Wildman–Crippen MR) is 110 cm³/mol. The molecule has 0 heterocycles. The lowest BCUT2D eigenvalue weighted by Crippen LogP contribution is -1.85. The van der Waals surface area contributed by atoms with Gasteiger partial charge in [-0.05, 0) is 25.3 Å². The summed E-state index contributed by atoms with van der Waals surface area (Å²) in [4.78, 5) is 0. The zero-order valence-corrected chi connectivity index (χ0v) is 17.0. The van der Waals surface area contributed by atoms with E-state index in [9.17, 15) is 0 Å². The van der Waals surface area contributed by atoms with Crippen molar-refractivity contribution in [2.75, 3.05) is 6.61 Å². The molecular weight excluding hydrogens is 292 g/mol.